The molecule has 0 amide bonds. The first-order chi connectivity index (χ1) is 11.6. The van der Waals surface area contributed by atoms with Gasteiger partial charge in [-0.3, -0.25) is 5.10 Å². The van der Waals surface area contributed by atoms with Gasteiger partial charge in [0.1, 0.15) is 17.0 Å². The van der Waals surface area contributed by atoms with E-state index in [0.29, 0.717) is 44.8 Å². The van der Waals surface area contributed by atoms with E-state index in [0.717, 1.165) is 24.5 Å². The summed E-state index contributed by atoms with van der Waals surface area (Å²) in [4.78, 5) is 11.5. The molecule has 5 rings (SSSR count). The molecule has 0 bridgehead atoms. The van der Waals surface area contributed by atoms with Crippen LogP contribution in [0.5, 0.6) is 0 Å². The summed E-state index contributed by atoms with van der Waals surface area (Å²) < 4.78 is 0. The maximum atomic E-state index is 6.30. The number of hydrogen-bond acceptors (Lipinski definition) is 5. The number of H-pyrrole nitrogens is 1. The number of nitrogens with zero attached hydrogens (tertiary/aromatic N) is 4. The molecular weight excluding hydrogens is 347 g/mol. The molecule has 0 radical (unpaired) electrons. The van der Waals surface area contributed by atoms with Gasteiger partial charge in [0.25, 0.3) is 0 Å². The first kappa shape index (κ1) is 14.5. The van der Waals surface area contributed by atoms with Crippen molar-refractivity contribution in [3.05, 3.63) is 34.4 Å². The van der Waals surface area contributed by atoms with E-state index < -0.39 is 0 Å². The lowest BCUT2D eigenvalue weighted by Gasteiger charge is -2.19. The Kier molecular flexibility index (Phi) is 3.04. The molecular formula is C16H14Cl2N6. The van der Waals surface area contributed by atoms with Gasteiger partial charge in [-0.05, 0) is 17.9 Å². The van der Waals surface area contributed by atoms with Gasteiger partial charge in [-0.1, -0.05) is 35.3 Å². The molecule has 2 aromatic heterocycles. The van der Waals surface area contributed by atoms with E-state index >= 15 is 0 Å². The van der Waals surface area contributed by atoms with Crippen molar-refractivity contribution in [1.29, 1.82) is 0 Å². The minimum atomic E-state index is 0.363. The highest BCUT2D eigenvalue weighted by Crippen LogP contribution is 2.45. The Morgan fingerprint density at radius 1 is 1.21 bits per heavy atom. The quantitative estimate of drug-likeness (QED) is 0.733. The highest BCUT2D eigenvalue weighted by atomic mass is 35.5. The van der Waals surface area contributed by atoms with Gasteiger partial charge in [0.05, 0.1) is 16.2 Å². The number of nitrogens with two attached hydrogens (primary N) is 1. The standard InChI is InChI=1S/C16H14Cl2N6/c17-10-3-1-2-7(12(10)18)14-15-16(23-22-14)21-11(4-20-15)24-5-8-9(6-24)13(8)19/h1-4,8-9,13H,5-6,19H2,(H,21,22,23)/t8-,9+,13?. The number of nitrogens with one attached hydrogen (secondary N) is 1. The SMILES string of the molecule is NC1[C@H]2CN(c3cnc4c(-c5cccc(Cl)c5Cl)n[nH]c4n3)C[C@@H]12. The minimum Gasteiger partial charge on any atom is -0.355 e. The van der Waals surface area contributed by atoms with E-state index in [9.17, 15) is 0 Å². The van der Waals surface area contributed by atoms with Crippen molar-refractivity contribution in [2.24, 2.45) is 17.6 Å². The molecule has 3 aromatic rings. The van der Waals surface area contributed by atoms with Crippen LogP contribution in [0.3, 0.4) is 0 Å². The number of fused-ring (bicyclic) bond motifs is 2. The zero-order chi connectivity index (χ0) is 16.4. The molecule has 6 nitrogen and oxygen atoms in total. The van der Waals surface area contributed by atoms with Crippen LogP contribution in [0, 0.1) is 11.8 Å². The van der Waals surface area contributed by atoms with Gasteiger partial charge in [0.2, 0.25) is 0 Å². The Labute approximate surface area is 148 Å². The Hall–Kier alpha value is -1.89. The van der Waals surface area contributed by atoms with Crippen LogP contribution in [-0.2, 0) is 0 Å². The number of hydrogen-bond donors (Lipinski definition) is 2. The van der Waals surface area contributed by atoms with Crippen LogP contribution in [0.4, 0.5) is 5.82 Å². The summed E-state index contributed by atoms with van der Waals surface area (Å²) in [6, 6.07) is 5.82. The van der Waals surface area contributed by atoms with E-state index in [1.807, 2.05) is 12.1 Å². The Morgan fingerprint density at radius 3 is 2.79 bits per heavy atom. The van der Waals surface area contributed by atoms with Crippen molar-refractivity contribution in [2.75, 3.05) is 18.0 Å². The van der Waals surface area contributed by atoms with E-state index in [1.165, 1.54) is 0 Å². The second-order valence-electron chi connectivity index (χ2n) is 6.41. The number of piperidine rings is 1. The van der Waals surface area contributed by atoms with Crippen LogP contribution >= 0.6 is 23.2 Å². The molecule has 1 saturated carbocycles. The highest BCUT2D eigenvalue weighted by molar-refractivity contribution is 6.43. The van der Waals surface area contributed by atoms with E-state index in [2.05, 4.69) is 25.1 Å². The number of aromatic amines is 1. The molecule has 122 valence electrons. The second kappa shape index (κ2) is 5.05. The highest BCUT2D eigenvalue weighted by Gasteiger charge is 2.53. The molecule has 24 heavy (non-hydrogen) atoms. The van der Waals surface area contributed by atoms with Gasteiger partial charge in [-0.25, -0.2) is 9.97 Å². The fourth-order valence-corrected chi connectivity index (χ4v) is 3.97. The summed E-state index contributed by atoms with van der Waals surface area (Å²) in [5.41, 5.74) is 8.72. The number of rotatable bonds is 2. The lowest BCUT2D eigenvalue weighted by Crippen LogP contribution is -2.28. The van der Waals surface area contributed by atoms with E-state index in [-0.39, 0.29) is 0 Å². The summed E-state index contributed by atoms with van der Waals surface area (Å²) in [5.74, 6) is 2.06. The summed E-state index contributed by atoms with van der Waals surface area (Å²) in [6.45, 7) is 1.90. The van der Waals surface area contributed by atoms with Crippen molar-refractivity contribution in [3.8, 4) is 11.3 Å². The van der Waals surface area contributed by atoms with Crippen molar-refractivity contribution in [3.63, 3.8) is 0 Å². The fraction of sp³-hybridized carbons (Fsp3) is 0.312. The number of halogens is 2. The molecule has 1 unspecified atom stereocenters. The van der Waals surface area contributed by atoms with Gasteiger partial charge in [-0.15, -0.1) is 0 Å². The monoisotopic (exact) mass is 360 g/mol. The van der Waals surface area contributed by atoms with Gasteiger partial charge in [0, 0.05) is 24.7 Å². The number of benzene rings is 1. The molecule has 3 N–H and O–H groups in total. The Balaban J connectivity index is 1.53. The molecule has 2 fully saturated rings. The topological polar surface area (TPSA) is 83.7 Å². The first-order valence-electron chi connectivity index (χ1n) is 7.79. The van der Waals surface area contributed by atoms with Crippen molar-refractivity contribution >= 4 is 40.2 Å². The van der Waals surface area contributed by atoms with Crippen LogP contribution in [0.1, 0.15) is 0 Å². The molecule has 1 aliphatic heterocycles. The first-order valence-corrected chi connectivity index (χ1v) is 8.55. The average molecular weight is 361 g/mol. The third-order valence-electron chi connectivity index (χ3n) is 5.05. The van der Waals surface area contributed by atoms with Gasteiger partial charge >= 0.3 is 0 Å². The van der Waals surface area contributed by atoms with Gasteiger partial charge in [0.15, 0.2) is 5.65 Å². The molecule has 3 atom stereocenters. The molecule has 0 spiro atoms. The van der Waals surface area contributed by atoms with Crippen molar-refractivity contribution in [2.45, 2.75) is 6.04 Å². The molecule has 3 heterocycles. The summed E-state index contributed by atoms with van der Waals surface area (Å²) in [7, 11) is 0. The minimum absolute atomic E-state index is 0.363. The number of aromatic nitrogens is 4. The smallest absolute Gasteiger partial charge is 0.177 e. The van der Waals surface area contributed by atoms with Crippen molar-refractivity contribution in [1.82, 2.24) is 20.2 Å². The van der Waals surface area contributed by atoms with E-state index in [1.54, 1.807) is 12.3 Å². The van der Waals surface area contributed by atoms with Crippen LogP contribution < -0.4 is 10.6 Å². The third-order valence-corrected chi connectivity index (χ3v) is 5.87. The molecule has 2 aliphatic rings. The van der Waals surface area contributed by atoms with Crippen LogP contribution in [0.2, 0.25) is 10.0 Å². The van der Waals surface area contributed by atoms with E-state index in [4.69, 9.17) is 28.9 Å². The largest absolute Gasteiger partial charge is 0.355 e. The lowest BCUT2D eigenvalue weighted by atomic mass is 10.1. The zero-order valence-corrected chi connectivity index (χ0v) is 14.1. The van der Waals surface area contributed by atoms with Crippen LogP contribution in [0.25, 0.3) is 22.4 Å². The number of anilines is 1. The molecule has 1 aliphatic carbocycles. The van der Waals surface area contributed by atoms with Crippen LogP contribution in [-0.4, -0.2) is 39.3 Å². The molecule has 1 saturated heterocycles. The second-order valence-corrected chi connectivity index (χ2v) is 7.19. The summed E-state index contributed by atoms with van der Waals surface area (Å²) >= 11 is 12.4. The average Bonchev–Trinajstić information content (AvgIpc) is 3.00. The molecule has 8 heteroatoms. The van der Waals surface area contributed by atoms with Crippen molar-refractivity contribution < 1.29 is 0 Å². The predicted octanol–water partition coefficient (Wildman–Crippen LogP) is 2.72. The summed E-state index contributed by atoms with van der Waals surface area (Å²) in [5, 5.41) is 8.24. The predicted molar refractivity (Wildman–Crippen MR) is 94.3 cm³/mol. The van der Waals surface area contributed by atoms with Gasteiger partial charge in [-0.2, -0.15) is 5.10 Å². The fourth-order valence-electron chi connectivity index (χ4n) is 3.58. The van der Waals surface area contributed by atoms with Gasteiger partial charge < -0.3 is 10.6 Å². The Morgan fingerprint density at radius 2 is 2.00 bits per heavy atom. The summed E-state index contributed by atoms with van der Waals surface area (Å²) in [6.07, 6.45) is 1.79. The Bertz CT molecular complexity index is 943. The lowest BCUT2D eigenvalue weighted by molar-refractivity contribution is 0.735. The maximum absolute atomic E-state index is 6.30. The maximum Gasteiger partial charge on any atom is 0.177 e. The molecule has 1 aromatic carbocycles. The zero-order valence-electron chi connectivity index (χ0n) is 12.6. The van der Waals surface area contributed by atoms with Crippen LogP contribution in [0.15, 0.2) is 24.4 Å². The third kappa shape index (κ3) is 2.03. The normalized spacial score (nSPS) is 25.3.